The summed E-state index contributed by atoms with van der Waals surface area (Å²) in [5.74, 6) is 0.749. The van der Waals surface area contributed by atoms with Crippen molar-refractivity contribution in [1.29, 1.82) is 0 Å². The quantitative estimate of drug-likeness (QED) is 0.260. The third-order valence-corrected chi connectivity index (χ3v) is 17.2. The molecule has 0 aromatic carbocycles. The van der Waals surface area contributed by atoms with Gasteiger partial charge < -0.3 is 14.4 Å². The number of fused-ring (bicyclic) bond motifs is 7. The molecular weight excluding hydrogens is 665 g/mol. The lowest BCUT2D eigenvalue weighted by molar-refractivity contribution is -0.234. The fourth-order valence-corrected chi connectivity index (χ4v) is 14.3. The fraction of sp³-hybridized carbons (Fsp3) is 0.829. The minimum Gasteiger partial charge on any atom is -0.462 e. The van der Waals surface area contributed by atoms with Crippen LogP contribution in [0.3, 0.4) is 0 Å². The summed E-state index contributed by atoms with van der Waals surface area (Å²) in [6.07, 6.45) is 8.63. The number of Topliss-reactive ketones (excluding diaryl/α,β-unsaturated/α-hetero) is 1. The third kappa shape index (κ3) is 5.77. The van der Waals surface area contributed by atoms with Crippen molar-refractivity contribution in [3.8, 4) is 0 Å². The van der Waals surface area contributed by atoms with Crippen LogP contribution in [-0.4, -0.2) is 80.0 Å². The predicted molar refractivity (Wildman–Crippen MR) is 198 cm³/mol. The van der Waals surface area contributed by atoms with Crippen LogP contribution in [0.25, 0.3) is 0 Å². The van der Waals surface area contributed by atoms with E-state index in [1.54, 1.807) is 0 Å². The Morgan fingerprint density at radius 3 is 2.06 bits per heavy atom. The number of hydrogen-bond donors (Lipinski definition) is 0. The number of nitrogens with zero attached hydrogens (tertiary/aromatic N) is 2. The zero-order valence-electron chi connectivity index (χ0n) is 33.0. The molecule has 0 spiro atoms. The van der Waals surface area contributed by atoms with Crippen LogP contribution in [0.5, 0.6) is 0 Å². The Balaban J connectivity index is 1.39. The number of esters is 2. The highest BCUT2D eigenvalue weighted by atomic mass is 32.2. The first-order valence-corrected chi connectivity index (χ1v) is 21.4. The molecule has 10 heteroatoms. The third-order valence-electron chi connectivity index (χ3n) is 15.9. The molecule has 6 rings (SSSR count). The lowest BCUT2D eigenvalue weighted by Gasteiger charge is -2.72. The van der Waals surface area contributed by atoms with Gasteiger partial charge in [0.25, 0.3) is 0 Å². The van der Waals surface area contributed by atoms with Crippen molar-refractivity contribution in [2.45, 2.75) is 132 Å². The van der Waals surface area contributed by atoms with Crippen LogP contribution in [-0.2, 0) is 33.9 Å². The molecule has 1 aliphatic heterocycles. The number of ketones is 1. The van der Waals surface area contributed by atoms with Crippen LogP contribution >= 0.6 is 0 Å². The first-order chi connectivity index (χ1) is 23.5. The van der Waals surface area contributed by atoms with E-state index in [1.807, 2.05) is 0 Å². The van der Waals surface area contributed by atoms with Gasteiger partial charge in [0, 0.05) is 63.0 Å². The second-order valence-electron chi connectivity index (χ2n) is 18.9. The van der Waals surface area contributed by atoms with Crippen LogP contribution in [0.4, 0.5) is 0 Å². The van der Waals surface area contributed by atoms with E-state index in [-0.39, 0.29) is 51.4 Å². The Bertz CT molecular complexity index is 1620. The molecule has 0 radical (unpaired) electrons. The maximum Gasteiger partial charge on any atom is 0.303 e. The molecule has 5 aliphatic carbocycles. The molecule has 286 valence electrons. The molecule has 51 heavy (non-hydrogen) atoms. The van der Waals surface area contributed by atoms with E-state index in [9.17, 15) is 22.8 Å². The molecule has 1 saturated heterocycles. The molecule has 0 amide bonds. The summed E-state index contributed by atoms with van der Waals surface area (Å²) in [7, 11) is -3.32. The van der Waals surface area contributed by atoms with Gasteiger partial charge in [0.15, 0.2) is 11.9 Å². The Kier molecular flexibility index (Phi) is 9.59. The number of allylic oxidation sites excluding steroid dienone is 1. The number of piperazine rings is 1. The molecule has 9 unspecified atom stereocenters. The normalized spacial score (nSPS) is 40.1. The van der Waals surface area contributed by atoms with Crippen molar-refractivity contribution in [3.05, 3.63) is 23.4 Å². The van der Waals surface area contributed by atoms with E-state index in [0.29, 0.717) is 50.1 Å². The van der Waals surface area contributed by atoms with Gasteiger partial charge >= 0.3 is 11.9 Å². The molecule has 0 bridgehead atoms. The fourth-order valence-electron chi connectivity index (χ4n) is 13.5. The minimum atomic E-state index is -3.32. The van der Waals surface area contributed by atoms with E-state index in [2.05, 4.69) is 59.9 Å². The molecule has 6 aliphatic rings. The molecule has 0 aromatic rings. The van der Waals surface area contributed by atoms with Gasteiger partial charge in [0.1, 0.15) is 6.10 Å². The summed E-state index contributed by atoms with van der Waals surface area (Å²) in [6.45, 7) is 25.6. The van der Waals surface area contributed by atoms with Gasteiger partial charge in [0.05, 0.1) is 6.26 Å². The van der Waals surface area contributed by atoms with Crippen molar-refractivity contribution in [2.24, 2.45) is 50.7 Å². The van der Waals surface area contributed by atoms with Crippen molar-refractivity contribution >= 4 is 27.7 Å². The van der Waals surface area contributed by atoms with E-state index in [1.165, 1.54) is 30.0 Å². The minimum absolute atomic E-state index is 0.0360. The zero-order chi connectivity index (χ0) is 37.7. The predicted octanol–water partition coefficient (Wildman–Crippen LogP) is 6.92. The highest BCUT2D eigenvalue weighted by Gasteiger charge is 2.71. The highest BCUT2D eigenvalue weighted by molar-refractivity contribution is 7.88. The molecule has 1 heterocycles. The summed E-state index contributed by atoms with van der Waals surface area (Å²) in [4.78, 5) is 41.5. The lowest BCUT2D eigenvalue weighted by atomic mass is 9.33. The number of ether oxygens (including phenoxy) is 2. The van der Waals surface area contributed by atoms with Crippen molar-refractivity contribution in [3.63, 3.8) is 0 Å². The molecular formula is C41H64N2O7S. The van der Waals surface area contributed by atoms with E-state index < -0.39 is 27.5 Å². The molecule has 9 atom stereocenters. The van der Waals surface area contributed by atoms with E-state index >= 15 is 0 Å². The van der Waals surface area contributed by atoms with Gasteiger partial charge in [-0.05, 0) is 102 Å². The van der Waals surface area contributed by atoms with Crippen LogP contribution < -0.4 is 0 Å². The monoisotopic (exact) mass is 728 g/mol. The summed E-state index contributed by atoms with van der Waals surface area (Å²) < 4.78 is 38.4. The molecule has 0 aromatic heterocycles. The van der Waals surface area contributed by atoms with Crippen LogP contribution in [0.15, 0.2) is 23.4 Å². The summed E-state index contributed by atoms with van der Waals surface area (Å²) in [6, 6.07) is 0. The first kappa shape index (κ1) is 38.5. The smallest absolute Gasteiger partial charge is 0.303 e. The Hall–Kier alpha value is -2.20. The number of carbonyl (C=O) groups is 3. The summed E-state index contributed by atoms with van der Waals surface area (Å²) in [5.41, 5.74) is 2.13. The van der Waals surface area contributed by atoms with Gasteiger partial charge in [-0.25, -0.2) is 8.42 Å². The summed E-state index contributed by atoms with van der Waals surface area (Å²) in [5, 5.41) is 0. The number of rotatable bonds is 7. The van der Waals surface area contributed by atoms with Crippen molar-refractivity contribution in [1.82, 2.24) is 9.21 Å². The van der Waals surface area contributed by atoms with Gasteiger partial charge in [-0.15, -0.1) is 0 Å². The van der Waals surface area contributed by atoms with Crippen LogP contribution in [0.2, 0.25) is 0 Å². The first-order valence-electron chi connectivity index (χ1n) is 19.6. The largest absolute Gasteiger partial charge is 0.462 e. The van der Waals surface area contributed by atoms with E-state index in [4.69, 9.17) is 9.47 Å². The maximum absolute atomic E-state index is 14.3. The van der Waals surface area contributed by atoms with Crippen LogP contribution in [0, 0.1) is 50.7 Å². The van der Waals surface area contributed by atoms with E-state index in [0.717, 1.165) is 56.9 Å². The van der Waals surface area contributed by atoms with Crippen molar-refractivity contribution < 1.29 is 32.3 Å². The molecule has 4 saturated carbocycles. The number of sulfonamides is 1. The molecule has 0 N–H and O–H groups in total. The van der Waals surface area contributed by atoms with Gasteiger partial charge in [0.2, 0.25) is 10.0 Å². The van der Waals surface area contributed by atoms with Crippen LogP contribution in [0.1, 0.15) is 120 Å². The SMILES string of the molecule is C=C(C(OC(C)=O)C12CCC3(C)C(CCC4C5(C)CCC(OC(C)=O)C(C)(C)C5CCC43C)C1=C(C(C)C)C(=O)C2)N1CCN(S(C)(=O)=O)CC1. The van der Waals surface area contributed by atoms with Gasteiger partial charge in [-0.2, -0.15) is 4.31 Å². The average molecular weight is 729 g/mol. The van der Waals surface area contributed by atoms with Gasteiger partial charge in [-0.3, -0.25) is 14.4 Å². The Morgan fingerprint density at radius 1 is 0.843 bits per heavy atom. The second-order valence-corrected chi connectivity index (χ2v) is 20.9. The highest BCUT2D eigenvalue weighted by Crippen LogP contribution is 2.77. The zero-order valence-corrected chi connectivity index (χ0v) is 33.8. The number of hydrogen-bond acceptors (Lipinski definition) is 8. The Labute approximate surface area is 307 Å². The Morgan fingerprint density at radius 2 is 1.49 bits per heavy atom. The second kappa shape index (κ2) is 12.7. The summed E-state index contributed by atoms with van der Waals surface area (Å²) >= 11 is 0. The standard InChI is InChI=1S/C41H64N2O7S/c1-25(2)34-30(46)24-41(36(50-28(5)45)26(3)42-20-22-43(23-21-42)51(11,47)48)19-18-39(9)29(35(34)41)12-13-32-38(8)16-15-33(49-27(4)44)37(6,7)31(38)14-17-40(32,39)10/h25,29,31-33,36H,3,12-24H2,1-2,4-11H3. The topological polar surface area (TPSA) is 110 Å². The lowest BCUT2D eigenvalue weighted by Crippen LogP contribution is -2.66. The average Bonchev–Trinajstić information content (AvgIpc) is 3.33. The maximum atomic E-state index is 14.3. The van der Waals surface area contributed by atoms with Crippen molar-refractivity contribution in [2.75, 3.05) is 32.4 Å². The van der Waals surface area contributed by atoms with Gasteiger partial charge in [-0.1, -0.05) is 55.0 Å². The number of carbonyl (C=O) groups excluding carboxylic acids is 3. The molecule has 5 fully saturated rings. The molecule has 9 nitrogen and oxygen atoms in total.